The van der Waals surface area contributed by atoms with E-state index in [2.05, 4.69) is 22.4 Å². The van der Waals surface area contributed by atoms with Crippen LogP contribution in [0.5, 0.6) is 0 Å². The third-order valence-electron chi connectivity index (χ3n) is 3.58. The van der Waals surface area contributed by atoms with Crippen molar-refractivity contribution < 1.29 is 9.26 Å². The van der Waals surface area contributed by atoms with Gasteiger partial charge in [0.1, 0.15) is 0 Å². The van der Waals surface area contributed by atoms with Gasteiger partial charge in [0, 0.05) is 16.6 Å². The Hall–Kier alpha value is -1.43. The SMILES string of the molecule is CCCNC1COCC1c1nc(-c2cccc(Cl)c2)no1. The Morgan fingerprint density at radius 3 is 3.10 bits per heavy atom. The first-order valence-corrected chi connectivity index (χ1v) is 7.56. The molecule has 5 nitrogen and oxygen atoms in total. The number of halogens is 1. The van der Waals surface area contributed by atoms with Gasteiger partial charge < -0.3 is 14.6 Å². The van der Waals surface area contributed by atoms with Gasteiger partial charge in [-0.15, -0.1) is 0 Å². The van der Waals surface area contributed by atoms with Crippen molar-refractivity contribution in [3.63, 3.8) is 0 Å². The molecule has 1 N–H and O–H groups in total. The van der Waals surface area contributed by atoms with E-state index in [9.17, 15) is 0 Å². The van der Waals surface area contributed by atoms with E-state index >= 15 is 0 Å². The number of rotatable bonds is 5. The van der Waals surface area contributed by atoms with Crippen LogP contribution in [-0.4, -0.2) is 35.9 Å². The summed E-state index contributed by atoms with van der Waals surface area (Å²) in [5.74, 6) is 1.29. The second-order valence-electron chi connectivity index (χ2n) is 5.17. The van der Waals surface area contributed by atoms with Gasteiger partial charge in [-0.3, -0.25) is 0 Å². The van der Waals surface area contributed by atoms with Crippen LogP contribution < -0.4 is 5.32 Å². The summed E-state index contributed by atoms with van der Waals surface area (Å²) >= 11 is 5.99. The highest BCUT2D eigenvalue weighted by molar-refractivity contribution is 6.30. The lowest BCUT2D eigenvalue weighted by Crippen LogP contribution is -2.34. The molecule has 1 aromatic carbocycles. The van der Waals surface area contributed by atoms with E-state index in [1.807, 2.05) is 24.3 Å². The number of aromatic nitrogens is 2. The first kappa shape index (κ1) is 14.5. The van der Waals surface area contributed by atoms with E-state index < -0.39 is 0 Å². The number of hydrogen-bond acceptors (Lipinski definition) is 5. The molecule has 2 unspecified atom stereocenters. The molecule has 112 valence electrons. The number of ether oxygens (including phenoxy) is 1. The molecule has 3 rings (SSSR count). The molecule has 6 heteroatoms. The fraction of sp³-hybridized carbons (Fsp3) is 0.467. The van der Waals surface area contributed by atoms with E-state index in [4.69, 9.17) is 20.9 Å². The van der Waals surface area contributed by atoms with Gasteiger partial charge in [0.2, 0.25) is 11.7 Å². The van der Waals surface area contributed by atoms with Gasteiger partial charge in [0.05, 0.1) is 19.1 Å². The van der Waals surface area contributed by atoms with E-state index in [0.717, 1.165) is 18.5 Å². The second kappa shape index (κ2) is 6.56. The van der Waals surface area contributed by atoms with Gasteiger partial charge in [-0.2, -0.15) is 4.98 Å². The van der Waals surface area contributed by atoms with Crippen molar-refractivity contribution in [2.45, 2.75) is 25.3 Å². The summed E-state index contributed by atoms with van der Waals surface area (Å²) in [6.07, 6.45) is 1.08. The van der Waals surface area contributed by atoms with Gasteiger partial charge in [0.25, 0.3) is 0 Å². The molecule has 1 aromatic heterocycles. The summed E-state index contributed by atoms with van der Waals surface area (Å²) in [6, 6.07) is 7.67. The molecular weight excluding hydrogens is 290 g/mol. The molecule has 1 aliphatic rings. The van der Waals surface area contributed by atoms with Gasteiger partial charge >= 0.3 is 0 Å². The highest BCUT2D eigenvalue weighted by Crippen LogP contribution is 2.27. The lowest BCUT2D eigenvalue weighted by Gasteiger charge is -2.14. The lowest BCUT2D eigenvalue weighted by atomic mass is 10.0. The van der Waals surface area contributed by atoms with Crippen molar-refractivity contribution in [2.75, 3.05) is 19.8 Å². The predicted octanol–water partition coefficient (Wildman–Crippen LogP) is 2.87. The minimum absolute atomic E-state index is 0.108. The van der Waals surface area contributed by atoms with Crippen LogP contribution in [0, 0.1) is 0 Å². The quantitative estimate of drug-likeness (QED) is 0.920. The molecule has 1 aliphatic heterocycles. The normalized spacial score (nSPS) is 21.8. The molecule has 0 saturated carbocycles. The zero-order valence-corrected chi connectivity index (χ0v) is 12.6. The summed E-state index contributed by atoms with van der Waals surface area (Å²) in [5.41, 5.74) is 0.856. The summed E-state index contributed by atoms with van der Waals surface area (Å²) < 4.78 is 11.0. The molecule has 2 heterocycles. The average Bonchev–Trinajstić information content (AvgIpc) is 3.13. The molecule has 0 bridgehead atoms. The van der Waals surface area contributed by atoms with E-state index in [0.29, 0.717) is 30.0 Å². The molecule has 0 radical (unpaired) electrons. The third-order valence-corrected chi connectivity index (χ3v) is 3.81. The third kappa shape index (κ3) is 3.26. The second-order valence-corrected chi connectivity index (χ2v) is 5.61. The van der Waals surface area contributed by atoms with Gasteiger partial charge in [-0.25, -0.2) is 0 Å². The maximum Gasteiger partial charge on any atom is 0.234 e. The monoisotopic (exact) mass is 307 g/mol. The Labute approximate surface area is 128 Å². The zero-order valence-electron chi connectivity index (χ0n) is 11.9. The maximum absolute atomic E-state index is 5.99. The Morgan fingerprint density at radius 2 is 2.29 bits per heavy atom. The van der Waals surface area contributed by atoms with Crippen LogP contribution in [0.3, 0.4) is 0 Å². The molecule has 1 fully saturated rings. The van der Waals surface area contributed by atoms with Crippen LogP contribution in [0.1, 0.15) is 25.2 Å². The van der Waals surface area contributed by atoms with E-state index in [-0.39, 0.29) is 12.0 Å². The van der Waals surface area contributed by atoms with Crippen molar-refractivity contribution in [3.8, 4) is 11.4 Å². The summed E-state index contributed by atoms with van der Waals surface area (Å²) in [6.45, 7) is 4.39. The van der Waals surface area contributed by atoms with Crippen molar-refractivity contribution in [2.24, 2.45) is 0 Å². The van der Waals surface area contributed by atoms with Gasteiger partial charge in [-0.05, 0) is 25.1 Å². The number of hydrogen-bond donors (Lipinski definition) is 1. The first-order chi connectivity index (χ1) is 10.3. The van der Waals surface area contributed by atoms with E-state index in [1.165, 1.54) is 0 Å². The van der Waals surface area contributed by atoms with Crippen LogP contribution in [0.15, 0.2) is 28.8 Å². The zero-order chi connectivity index (χ0) is 14.7. The Morgan fingerprint density at radius 1 is 1.38 bits per heavy atom. The predicted molar refractivity (Wildman–Crippen MR) is 80.4 cm³/mol. The number of nitrogens with one attached hydrogen (secondary N) is 1. The molecule has 2 aromatic rings. The molecule has 2 atom stereocenters. The Bertz CT molecular complexity index is 602. The minimum atomic E-state index is 0.108. The van der Waals surface area contributed by atoms with Crippen LogP contribution >= 0.6 is 11.6 Å². The fourth-order valence-electron chi connectivity index (χ4n) is 2.46. The average molecular weight is 308 g/mol. The minimum Gasteiger partial charge on any atom is -0.379 e. The van der Waals surface area contributed by atoms with E-state index in [1.54, 1.807) is 0 Å². The lowest BCUT2D eigenvalue weighted by molar-refractivity contribution is 0.184. The number of benzene rings is 1. The molecule has 0 spiro atoms. The smallest absolute Gasteiger partial charge is 0.234 e. The molecule has 1 saturated heterocycles. The summed E-state index contributed by atoms with van der Waals surface area (Å²) in [5, 5.41) is 8.18. The highest BCUT2D eigenvalue weighted by Gasteiger charge is 2.33. The van der Waals surface area contributed by atoms with Crippen LogP contribution in [0.25, 0.3) is 11.4 Å². The Balaban J connectivity index is 1.78. The number of nitrogens with zero attached hydrogens (tertiary/aromatic N) is 2. The van der Waals surface area contributed by atoms with Crippen LogP contribution in [0.4, 0.5) is 0 Å². The van der Waals surface area contributed by atoms with Crippen molar-refractivity contribution in [1.29, 1.82) is 0 Å². The molecule has 0 amide bonds. The molecule has 0 aliphatic carbocycles. The summed E-state index contributed by atoms with van der Waals surface area (Å²) in [4.78, 5) is 4.51. The van der Waals surface area contributed by atoms with Crippen molar-refractivity contribution >= 4 is 11.6 Å². The van der Waals surface area contributed by atoms with Gasteiger partial charge in [0.15, 0.2) is 0 Å². The van der Waals surface area contributed by atoms with Crippen LogP contribution in [0.2, 0.25) is 5.02 Å². The fourth-order valence-corrected chi connectivity index (χ4v) is 2.65. The molecule has 21 heavy (non-hydrogen) atoms. The Kier molecular flexibility index (Phi) is 4.53. The molecular formula is C15H18ClN3O2. The van der Waals surface area contributed by atoms with Crippen molar-refractivity contribution in [3.05, 3.63) is 35.2 Å². The van der Waals surface area contributed by atoms with Gasteiger partial charge in [-0.1, -0.05) is 35.8 Å². The van der Waals surface area contributed by atoms with Crippen molar-refractivity contribution in [1.82, 2.24) is 15.5 Å². The summed E-state index contributed by atoms with van der Waals surface area (Å²) in [7, 11) is 0. The standard InChI is InChI=1S/C15H18ClN3O2/c1-2-6-17-13-9-20-8-12(13)15-18-14(19-21-15)10-4-3-5-11(16)7-10/h3-5,7,12-13,17H,2,6,8-9H2,1H3. The first-order valence-electron chi connectivity index (χ1n) is 7.18. The van der Waals surface area contributed by atoms with Crippen LogP contribution in [-0.2, 0) is 4.74 Å². The topological polar surface area (TPSA) is 60.2 Å². The largest absolute Gasteiger partial charge is 0.379 e. The maximum atomic E-state index is 5.99. The highest BCUT2D eigenvalue weighted by atomic mass is 35.5.